The average molecular weight is 408 g/mol. The summed E-state index contributed by atoms with van der Waals surface area (Å²) in [6.07, 6.45) is 23.2. The van der Waals surface area contributed by atoms with Crippen LogP contribution in [0.25, 0.3) is 0 Å². The second-order valence-electron chi connectivity index (χ2n) is 8.69. The van der Waals surface area contributed by atoms with Crippen molar-refractivity contribution in [3.05, 3.63) is 0 Å². The van der Waals surface area contributed by atoms with E-state index in [1.165, 1.54) is 25.7 Å². The molecule has 125 valence electrons. The molecule has 3 saturated carbocycles. The molecule has 3 aliphatic carbocycles. The Morgan fingerprint density at radius 2 is 1.27 bits per heavy atom. The van der Waals surface area contributed by atoms with E-state index < -0.39 is 0 Å². The molecular formula is C21H37Sn. The van der Waals surface area contributed by atoms with Gasteiger partial charge in [-0.2, -0.15) is 0 Å². The van der Waals surface area contributed by atoms with Crippen LogP contribution in [0.5, 0.6) is 0 Å². The van der Waals surface area contributed by atoms with E-state index in [0.717, 1.165) is 27.1 Å². The van der Waals surface area contributed by atoms with Gasteiger partial charge < -0.3 is 0 Å². The summed E-state index contributed by atoms with van der Waals surface area (Å²) in [6.45, 7) is 2.40. The van der Waals surface area contributed by atoms with Crippen LogP contribution < -0.4 is 0 Å². The summed E-state index contributed by atoms with van der Waals surface area (Å²) in [6, 6.07) is 0. The van der Waals surface area contributed by atoms with Gasteiger partial charge in [-0.3, -0.25) is 0 Å². The number of hydrogen-bond acceptors (Lipinski definition) is 0. The Hall–Kier alpha value is 0.799. The van der Waals surface area contributed by atoms with E-state index >= 15 is 0 Å². The van der Waals surface area contributed by atoms with Gasteiger partial charge in [-0.15, -0.1) is 0 Å². The molecule has 0 amide bonds. The Kier molecular flexibility index (Phi) is 6.61. The first-order valence-corrected chi connectivity index (χ1v) is 11.9. The SMILES string of the molecule is CCCCC(C1CCCC1)[C]([Sn])(C1CCCC1)C1CCCC1. The maximum absolute atomic E-state index is 2.40. The first-order valence-electron chi connectivity index (χ1n) is 10.5. The normalized spacial score (nSPS) is 27.0. The van der Waals surface area contributed by atoms with Crippen molar-refractivity contribution in [2.75, 3.05) is 0 Å². The van der Waals surface area contributed by atoms with Crippen LogP contribution in [0, 0.1) is 23.7 Å². The zero-order valence-electron chi connectivity index (χ0n) is 14.9. The summed E-state index contributed by atoms with van der Waals surface area (Å²) in [5.41, 5.74) is 0. The molecule has 0 nitrogen and oxygen atoms in total. The fourth-order valence-corrected chi connectivity index (χ4v) is 9.13. The van der Waals surface area contributed by atoms with Crippen LogP contribution >= 0.6 is 0 Å². The molecule has 3 fully saturated rings. The molecule has 1 heteroatoms. The Morgan fingerprint density at radius 1 is 0.818 bits per heavy atom. The van der Waals surface area contributed by atoms with Crippen molar-refractivity contribution in [3.63, 3.8) is 0 Å². The third-order valence-electron chi connectivity index (χ3n) is 7.51. The third-order valence-corrected chi connectivity index (χ3v) is 10.9. The topological polar surface area (TPSA) is 0 Å². The average Bonchev–Trinajstić information content (AvgIpc) is 3.27. The molecule has 0 bridgehead atoms. The van der Waals surface area contributed by atoms with Gasteiger partial charge in [-0.25, -0.2) is 0 Å². The molecule has 22 heavy (non-hydrogen) atoms. The van der Waals surface area contributed by atoms with E-state index in [2.05, 4.69) is 6.92 Å². The van der Waals surface area contributed by atoms with Crippen molar-refractivity contribution < 1.29 is 0 Å². The van der Waals surface area contributed by atoms with Crippen LogP contribution in [0.15, 0.2) is 0 Å². The molecule has 0 saturated heterocycles. The van der Waals surface area contributed by atoms with Crippen molar-refractivity contribution in [2.45, 2.75) is 107 Å². The van der Waals surface area contributed by atoms with Crippen molar-refractivity contribution in [2.24, 2.45) is 23.7 Å². The third kappa shape index (κ3) is 3.57. The van der Waals surface area contributed by atoms with Crippen LogP contribution in [-0.4, -0.2) is 22.5 Å². The fourth-order valence-electron chi connectivity index (χ4n) is 6.39. The molecule has 3 aliphatic rings. The molecule has 3 radical (unpaired) electrons. The predicted octanol–water partition coefficient (Wildman–Crippen LogP) is 6.69. The van der Waals surface area contributed by atoms with Crippen LogP contribution in [-0.2, 0) is 0 Å². The fraction of sp³-hybridized carbons (Fsp3) is 1.00. The molecule has 1 atom stereocenters. The van der Waals surface area contributed by atoms with Gasteiger partial charge >= 0.3 is 153 Å². The van der Waals surface area contributed by atoms with Crippen LogP contribution in [0.3, 0.4) is 0 Å². The van der Waals surface area contributed by atoms with Gasteiger partial charge in [-0.1, -0.05) is 0 Å². The number of unbranched alkanes of at least 4 members (excludes halogenated alkanes) is 1. The summed E-state index contributed by atoms with van der Waals surface area (Å²) in [5, 5.41) is 0. The predicted molar refractivity (Wildman–Crippen MR) is 97.3 cm³/mol. The van der Waals surface area contributed by atoms with Gasteiger partial charge in [0.2, 0.25) is 0 Å². The van der Waals surface area contributed by atoms with Gasteiger partial charge in [0.15, 0.2) is 0 Å². The molecule has 1 unspecified atom stereocenters. The molecule has 3 rings (SSSR count). The summed E-state index contributed by atoms with van der Waals surface area (Å²) in [5.74, 6) is 4.42. The van der Waals surface area contributed by atoms with E-state index in [9.17, 15) is 0 Å². The molecule has 0 N–H and O–H groups in total. The van der Waals surface area contributed by atoms with Gasteiger partial charge in [0.05, 0.1) is 0 Å². The molecule has 0 aromatic carbocycles. The summed E-state index contributed by atoms with van der Waals surface area (Å²) in [4.78, 5) is 0. The van der Waals surface area contributed by atoms with E-state index in [1.807, 2.05) is 22.5 Å². The van der Waals surface area contributed by atoms with Gasteiger partial charge in [0, 0.05) is 0 Å². The Bertz CT molecular complexity index is 303. The van der Waals surface area contributed by atoms with Crippen molar-refractivity contribution in [1.82, 2.24) is 0 Å². The first kappa shape index (κ1) is 17.6. The Balaban J connectivity index is 1.84. The summed E-state index contributed by atoms with van der Waals surface area (Å²) >= 11 is 1.95. The zero-order valence-corrected chi connectivity index (χ0v) is 17.8. The summed E-state index contributed by atoms with van der Waals surface area (Å²) in [7, 11) is 0. The second-order valence-corrected chi connectivity index (χ2v) is 11.2. The van der Waals surface area contributed by atoms with Gasteiger partial charge in [-0.05, 0) is 0 Å². The minimum absolute atomic E-state index is 0.782. The first-order chi connectivity index (χ1) is 10.8. The molecule has 0 aromatic heterocycles. The van der Waals surface area contributed by atoms with Gasteiger partial charge in [0.25, 0.3) is 0 Å². The Morgan fingerprint density at radius 3 is 1.73 bits per heavy atom. The van der Waals surface area contributed by atoms with Crippen LogP contribution in [0.4, 0.5) is 0 Å². The van der Waals surface area contributed by atoms with E-state index in [4.69, 9.17) is 0 Å². The quantitative estimate of drug-likeness (QED) is 0.412. The van der Waals surface area contributed by atoms with E-state index in [0.29, 0.717) is 0 Å². The standard InChI is InChI=1S/C21H37.Sn/c1-2-3-16-20(17-10-4-5-11-17)21(18-12-6-7-13-18)19-14-8-9-15-19;/h17-20H,2-16H2,1H3;. The Labute approximate surface area is 152 Å². The summed E-state index contributed by atoms with van der Waals surface area (Å²) < 4.78 is 0.782. The monoisotopic (exact) mass is 409 g/mol. The molecule has 0 spiro atoms. The molecule has 0 aliphatic heterocycles. The maximum atomic E-state index is 2.40. The van der Waals surface area contributed by atoms with Crippen LogP contribution in [0.2, 0.25) is 3.43 Å². The van der Waals surface area contributed by atoms with Crippen molar-refractivity contribution >= 4 is 22.5 Å². The van der Waals surface area contributed by atoms with Crippen molar-refractivity contribution in [3.8, 4) is 0 Å². The van der Waals surface area contributed by atoms with Crippen LogP contribution in [0.1, 0.15) is 103 Å². The van der Waals surface area contributed by atoms with Gasteiger partial charge in [0.1, 0.15) is 0 Å². The van der Waals surface area contributed by atoms with E-state index in [1.54, 1.807) is 70.6 Å². The second kappa shape index (κ2) is 8.25. The number of hydrogen-bond donors (Lipinski definition) is 0. The molecule has 0 heterocycles. The van der Waals surface area contributed by atoms with Crippen molar-refractivity contribution in [1.29, 1.82) is 0 Å². The number of rotatable bonds is 7. The zero-order chi connectivity index (χ0) is 15.4. The molecular weight excluding hydrogens is 371 g/mol. The molecule has 0 aromatic rings. The van der Waals surface area contributed by atoms with E-state index in [-0.39, 0.29) is 0 Å². The minimum atomic E-state index is 0.782.